The van der Waals surface area contributed by atoms with Crippen molar-refractivity contribution in [3.05, 3.63) is 51.9 Å². The van der Waals surface area contributed by atoms with Crippen molar-refractivity contribution in [2.24, 2.45) is 0 Å². The van der Waals surface area contributed by atoms with Gasteiger partial charge in [0.25, 0.3) is 0 Å². The van der Waals surface area contributed by atoms with Crippen LogP contribution < -0.4 is 4.72 Å². The zero-order valence-corrected chi connectivity index (χ0v) is 14.2. The van der Waals surface area contributed by atoms with Gasteiger partial charge in [-0.1, -0.05) is 29.3 Å². The summed E-state index contributed by atoms with van der Waals surface area (Å²) in [5.74, 6) is -2.10. The standard InChI is InChI=1S/C14H13Cl2NO5S/c1-8(7-9-10(15)3-2-4-11(9)16)17-23(20,21)12-5-6-22-13(12)14(18)19/h2-6,8,17H,7H2,1H3,(H,18,19). The van der Waals surface area contributed by atoms with E-state index in [1.54, 1.807) is 25.1 Å². The lowest BCUT2D eigenvalue weighted by atomic mass is 10.1. The number of carboxylic acid groups (broad SMARTS) is 1. The Hall–Kier alpha value is -1.54. The number of aromatic carboxylic acids is 1. The first-order valence-electron chi connectivity index (χ1n) is 6.48. The number of carbonyl (C=O) groups is 1. The predicted molar refractivity (Wildman–Crippen MR) is 85.6 cm³/mol. The van der Waals surface area contributed by atoms with Crippen molar-refractivity contribution >= 4 is 39.2 Å². The van der Waals surface area contributed by atoms with E-state index >= 15 is 0 Å². The predicted octanol–water partition coefficient (Wildman–Crippen LogP) is 3.19. The van der Waals surface area contributed by atoms with Gasteiger partial charge in [-0.3, -0.25) is 0 Å². The van der Waals surface area contributed by atoms with E-state index < -0.39 is 32.7 Å². The van der Waals surface area contributed by atoms with Crippen molar-refractivity contribution in [2.45, 2.75) is 24.3 Å². The summed E-state index contributed by atoms with van der Waals surface area (Å²) in [5, 5.41) is 9.80. The maximum absolute atomic E-state index is 12.3. The molecule has 1 unspecified atom stereocenters. The molecule has 0 amide bonds. The molecule has 23 heavy (non-hydrogen) atoms. The van der Waals surface area contributed by atoms with Crippen LogP contribution >= 0.6 is 23.2 Å². The quantitative estimate of drug-likeness (QED) is 0.805. The van der Waals surface area contributed by atoms with Crippen LogP contribution in [0.5, 0.6) is 0 Å². The summed E-state index contributed by atoms with van der Waals surface area (Å²) in [6.45, 7) is 1.62. The summed E-state index contributed by atoms with van der Waals surface area (Å²) >= 11 is 12.1. The summed E-state index contributed by atoms with van der Waals surface area (Å²) in [5.41, 5.74) is 0.608. The van der Waals surface area contributed by atoms with Gasteiger partial charge in [-0.2, -0.15) is 0 Å². The number of nitrogens with one attached hydrogen (secondary N) is 1. The third kappa shape index (κ3) is 4.06. The van der Waals surface area contributed by atoms with Crippen LogP contribution in [-0.2, 0) is 16.4 Å². The molecule has 0 fully saturated rings. The average Bonchev–Trinajstić information content (AvgIpc) is 2.93. The fourth-order valence-electron chi connectivity index (χ4n) is 2.07. The van der Waals surface area contributed by atoms with Gasteiger partial charge in [0.1, 0.15) is 4.90 Å². The molecule has 0 saturated heterocycles. The molecule has 0 spiro atoms. The number of furan rings is 1. The normalized spacial score (nSPS) is 13.0. The van der Waals surface area contributed by atoms with Crippen LogP contribution in [0.15, 0.2) is 39.8 Å². The molecule has 1 atom stereocenters. The summed E-state index contributed by atoms with van der Waals surface area (Å²) in [6.07, 6.45) is 1.26. The van der Waals surface area contributed by atoms with E-state index in [1.807, 2.05) is 0 Å². The molecule has 0 bridgehead atoms. The number of hydrogen-bond acceptors (Lipinski definition) is 4. The molecule has 9 heteroatoms. The van der Waals surface area contributed by atoms with Gasteiger partial charge in [-0.15, -0.1) is 0 Å². The lowest BCUT2D eigenvalue weighted by molar-refractivity contribution is 0.0656. The molecule has 0 aliphatic carbocycles. The summed E-state index contributed by atoms with van der Waals surface area (Å²) < 4.78 is 31.7. The van der Waals surface area contributed by atoms with Gasteiger partial charge in [-0.05, 0) is 37.1 Å². The minimum absolute atomic E-state index is 0.248. The molecular formula is C14H13Cl2NO5S. The molecule has 0 saturated carbocycles. The van der Waals surface area contributed by atoms with Gasteiger partial charge >= 0.3 is 5.97 Å². The number of hydrogen-bond donors (Lipinski definition) is 2. The van der Waals surface area contributed by atoms with Gasteiger partial charge in [0.2, 0.25) is 15.8 Å². The van der Waals surface area contributed by atoms with Crippen LogP contribution in [0.1, 0.15) is 23.0 Å². The molecule has 6 nitrogen and oxygen atoms in total. The summed E-state index contributed by atoms with van der Waals surface area (Å²) in [6, 6.07) is 5.52. The molecule has 0 aliphatic rings. The van der Waals surface area contributed by atoms with Crippen LogP contribution in [0.2, 0.25) is 10.0 Å². The summed E-state index contributed by atoms with van der Waals surface area (Å²) in [7, 11) is -4.05. The first-order chi connectivity index (χ1) is 10.7. The van der Waals surface area contributed by atoms with E-state index in [9.17, 15) is 13.2 Å². The van der Waals surface area contributed by atoms with Gasteiger partial charge in [0, 0.05) is 16.1 Å². The zero-order chi connectivity index (χ0) is 17.2. The van der Waals surface area contributed by atoms with E-state index in [2.05, 4.69) is 9.14 Å². The second kappa shape index (κ2) is 6.92. The summed E-state index contributed by atoms with van der Waals surface area (Å²) in [4.78, 5) is 10.5. The van der Waals surface area contributed by atoms with Crippen molar-refractivity contribution in [3.63, 3.8) is 0 Å². The molecule has 1 aromatic heterocycles. The van der Waals surface area contributed by atoms with Crippen molar-refractivity contribution in [2.75, 3.05) is 0 Å². The Bertz CT molecular complexity index is 811. The van der Waals surface area contributed by atoms with Crippen LogP contribution in [0, 0.1) is 0 Å². The number of sulfonamides is 1. The monoisotopic (exact) mass is 377 g/mol. The smallest absolute Gasteiger partial charge is 0.373 e. The Balaban J connectivity index is 2.20. The molecule has 0 radical (unpaired) electrons. The zero-order valence-electron chi connectivity index (χ0n) is 11.9. The Kier molecular flexibility index (Phi) is 5.36. The number of benzene rings is 1. The lowest BCUT2D eigenvalue weighted by Gasteiger charge is -2.15. The van der Waals surface area contributed by atoms with Crippen molar-refractivity contribution in [3.8, 4) is 0 Å². The molecular weight excluding hydrogens is 365 g/mol. The molecule has 2 N–H and O–H groups in total. The average molecular weight is 378 g/mol. The van der Waals surface area contributed by atoms with Crippen molar-refractivity contribution in [1.82, 2.24) is 4.72 Å². The highest BCUT2D eigenvalue weighted by molar-refractivity contribution is 7.89. The van der Waals surface area contributed by atoms with Gasteiger partial charge in [-0.25, -0.2) is 17.9 Å². The highest BCUT2D eigenvalue weighted by atomic mass is 35.5. The Labute approximate surface area is 143 Å². The number of halogens is 2. The fraction of sp³-hybridized carbons (Fsp3) is 0.214. The fourth-order valence-corrected chi connectivity index (χ4v) is 3.97. The third-order valence-corrected chi connectivity index (χ3v) is 5.36. The van der Waals surface area contributed by atoms with Crippen LogP contribution in [0.4, 0.5) is 0 Å². The Morgan fingerprint density at radius 1 is 1.30 bits per heavy atom. The van der Waals surface area contributed by atoms with Gasteiger partial charge in [0.05, 0.1) is 6.26 Å². The number of rotatable bonds is 6. The molecule has 124 valence electrons. The molecule has 0 aliphatic heterocycles. The second-order valence-corrected chi connectivity index (χ2v) is 7.34. The maximum atomic E-state index is 12.3. The van der Waals surface area contributed by atoms with E-state index in [1.165, 1.54) is 0 Å². The van der Waals surface area contributed by atoms with E-state index in [4.69, 9.17) is 28.3 Å². The molecule has 1 aromatic carbocycles. The highest BCUT2D eigenvalue weighted by Crippen LogP contribution is 2.26. The largest absolute Gasteiger partial charge is 0.475 e. The van der Waals surface area contributed by atoms with Crippen LogP contribution in [-0.4, -0.2) is 25.5 Å². The first-order valence-corrected chi connectivity index (χ1v) is 8.72. The Morgan fingerprint density at radius 2 is 1.91 bits per heavy atom. The van der Waals surface area contributed by atoms with Gasteiger partial charge < -0.3 is 9.52 Å². The minimum atomic E-state index is -4.05. The van der Waals surface area contributed by atoms with Crippen molar-refractivity contribution in [1.29, 1.82) is 0 Å². The Morgan fingerprint density at radius 3 is 2.48 bits per heavy atom. The van der Waals surface area contributed by atoms with E-state index in [0.717, 1.165) is 12.3 Å². The SMILES string of the molecule is CC(Cc1c(Cl)cccc1Cl)NS(=O)(=O)c1ccoc1C(=O)O. The topological polar surface area (TPSA) is 96.6 Å². The number of carboxylic acids is 1. The second-order valence-electron chi connectivity index (χ2n) is 4.85. The minimum Gasteiger partial charge on any atom is -0.475 e. The molecule has 1 heterocycles. The first kappa shape index (κ1) is 17.8. The van der Waals surface area contributed by atoms with E-state index in [-0.39, 0.29) is 6.42 Å². The lowest BCUT2D eigenvalue weighted by Crippen LogP contribution is -2.34. The molecule has 2 rings (SSSR count). The van der Waals surface area contributed by atoms with Crippen LogP contribution in [0.3, 0.4) is 0 Å². The van der Waals surface area contributed by atoms with Crippen molar-refractivity contribution < 1.29 is 22.7 Å². The van der Waals surface area contributed by atoms with Crippen LogP contribution in [0.25, 0.3) is 0 Å². The van der Waals surface area contributed by atoms with E-state index in [0.29, 0.717) is 15.6 Å². The third-order valence-electron chi connectivity index (χ3n) is 3.04. The molecule has 2 aromatic rings. The van der Waals surface area contributed by atoms with Gasteiger partial charge in [0.15, 0.2) is 0 Å². The maximum Gasteiger partial charge on any atom is 0.373 e. The highest BCUT2D eigenvalue weighted by Gasteiger charge is 2.27.